The first kappa shape index (κ1) is 27.5. The second-order valence-corrected chi connectivity index (χ2v) is 13.0. The van der Waals surface area contributed by atoms with Crippen molar-refractivity contribution in [2.45, 2.75) is 111 Å². The molecule has 39 heavy (non-hydrogen) atoms. The third-order valence-electron chi connectivity index (χ3n) is 8.98. The molecule has 0 spiro atoms. The van der Waals surface area contributed by atoms with Gasteiger partial charge in [-0.15, -0.1) is 0 Å². The van der Waals surface area contributed by atoms with E-state index in [9.17, 15) is 4.79 Å². The Morgan fingerprint density at radius 3 is 2.49 bits per heavy atom. The Hall–Kier alpha value is -3.10. The van der Waals surface area contributed by atoms with Crippen LogP contribution in [0.1, 0.15) is 94.4 Å². The number of carbonyl (C=O) groups excluding carboxylic acids is 1. The van der Waals surface area contributed by atoms with Crippen molar-refractivity contribution in [2.24, 2.45) is 5.41 Å². The highest BCUT2D eigenvalue weighted by Gasteiger charge is 2.50. The fourth-order valence-corrected chi connectivity index (χ4v) is 6.90. The number of alkyl carbamates (subject to hydrolysis) is 1. The van der Waals surface area contributed by atoms with E-state index in [4.69, 9.17) is 15.2 Å². The van der Waals surface area contributed by atoms with Crippen molar-refractivity contribution in [3.05, 3.63) is 34.3 Å². The Morgan fingerprint density at radius 2 is 1.87 bits per heavy atom. The van der Waals surface area contributed by atoms with Gasteiger partial charge in [-0.25, -0.2) is 9.78 Å². The number of aromatic nitrogens is 3. The van der Waals surface area contributed by atoms with Crippen molar-refractivity contribution < 1.29 is 9.53 Å². The van der Waals surface area contributed by atoms with Crippen LogP contribution in [0, 0.1) is 24.7 Å². The Bertz CT molecular complexity index is 1230. The van der Waals surface area contributed by atoms with E-state index in [-0.39, 0.29) is 17.0 Å². The normalized spacial score (nSPS) is 24.3. The average Bonchev–Trinajstić information content (AvgIpc) is 3.17. The lowest BCUT2D eigenvalue weighted by Crippen LogP contribution is -2.58. The van der Waals surface area contributed by atoms with Crippen LogP contribution < -0.4 is 15.5 Å². The van der Waals surface area contributed by atoms with Crippen LogP contribution in [0.4, 0.5) is 16.3 Å². The molecule has 0 aromatic carbocycles. The van der Waals surface area contributed by atoms with Gasteiger partial charge in [0.05, 0.1) is 16.9 Å². The average molecular weight is 536 g/mol. The van der Waals surface area contributed by atoms with E-state index in [2.05, 4.69) is 45.1 Å². The third kappa shape index (κ3) is 5.50. The monoisotopic (exact) mass is 535 g/mol. The van der Waals surface area contributed by atoms with Gasteiger partial charge in [0, 0.05) is 61.3 Å². The molecule has 4 aliphatic rings. The number of carbonyl (C=O) groups is 1. The molecule has 3 N–H and O–H groups in total. The number of pyridine rings is 1. The molecule has 1 aliphatic heterocycles. The molecule has 0 saturated heterocycles. The second-order valence-electron chi connectivity index (χ2n) is 13.0. The first-order valence-electron chi connectivity index (χ1n) is 14.5. The van der Waals surface area contributed by atoms with Gasteiger partial charge in [0.1, 0.15) is 11.4 Å². The maximum atomic E-state index is 12.5. The van der Waals surface area contributed by atoms with Gasteiger partial charge >= 0.3 is 6.09 Å². The predicted octanol–water partition coefficient (Wildman–Crippen LogP) is 5.50. The molecule has 0 unspecified atom stereocenters. The Morgan fingerprint density at radius 1 is 1.18 bits per heavy atom. The summed E-state index contributed by atoms with van der Waals surface area (Å²) in [6.07, 6.45) is 8.41. The topological polar surface area (TPSA) is 108 Å². The summed E-state index contributed by atoms with van der Waals surface area (Å²) >= 11 is 0. The van der Waals surface area contributed by atoms with Crippen molar-refractivity contribution in [3.8, 4) is 0 Å². The zero-order valence-corrected chi connectivity index (χ0v) is 24.5. The molecule has 9 nitrogen and oxygen atoms in total. The number of rotatable bonds is 7. The van der Waals surface area contributed by atoms with Crippen LogP contribution in [0.2, 0.25) is 0 Å². The molecule has 3 heterocycles. The Kier molecular flexibility index (Phi) is 7.14. The highest BCUT2D eigenvalue weighted by molar-refractivity contribution is 5.92. The molecule has 3 fully saturated rings. The maximum Gasteiger partial charge on any atom is 0.408 e. The molecule has 6 rings (SSSR count). The molecule has 9 heteroatoms. The van der Waals surface area contributed by atoms with Crippen LogP contribution >= 0.6 is 0 Å². The van der Waals surface area contributed by atoms with Crippen molar-refractivity contribution in [1.29, 1.82) is 5.41 Å². The summed E-state index contributed by atoms with van der Waals surface area (Å²) in [5.41, 5.74) is 6.31. The van der Waals surface area contributed by atoms with Crippen LogP contribution in [-0.2, 0) is 24.2 Å². The van der Waals surface area contributed by atoms with Crippen LogP contribution in [0.25, 0.3) is 0 Å². The molecular weight excluding hydrogens is 490 g/mol. The summed E-state index contributed by atoms with van der Waals surface area (Å²) in [5, 5.41) is 19.7. The molecule has 3 aliphatic carbocycles. The van der Waals surface area contributed by atoms with E-state index in [1.54, 1.807) is 0 Å². The fourth-order valence-electron chi connectivity index (χ4n) is 6.90. The maximum absolute atomic E-state index is 12.5. The highest BCUT2D eigenvalue weighted by Crippen LogP contribution is 2.53. The zero-order valence-electron chi connectivity index (χ0n) is 24.5. The summed E-state index contributed by atoms with van der Waals surface area (Å²) < 4.78 is 7.87. The lowest BCUT2D eigenvalue weighted by Gasteiger charge is -2.53. The van der Waals surface area contributed by atoms with Crippen LogP contribution in [0.3, 0.4) is 0 Å². The van der Waals surface area contributed by atoms with Gasteiger partial charge in [-0.3, -0.25) is 4.68 Å². The van der Waals surface area contributed by atoms with Crippen LogP contribution in [-0.4, -0.2) is 51.3 Å². The molecule has 2 bridgehead atoms. The number of aryl methyl sites for hydroxylation is 2. The summed E-state index contributed by atoms with van der Waals surface area (Å²) in [7, 11) is 0. The summed E-state index contributed by atoms with van der Waals surface area (Å²) in [5.74, 6) is 0.784. The lowest BCUT2D eigenvalue weighted by atomic mass is 9.57. The Labute approximate surface area is 232 Å². The molecule has 3 saturated carbocycles. The minimum Gasteiger partial charge on any atom is -0.444 e. The molecule has 2 aromatic heterocycles. The second kappa shape index (κ2) is 10.1. The number of anilines is 2. The number of hydrogen-bond donors (Lipinski definition) is 3. The molecule has 1 amide bonds. The van der Waals surface area contributed by atoms with E-state index in [1.807, 2.05) is 27.7 Å². The first-order chi connectivity index (χ1) is 18.5. The summed E-state index contributed by atoms with van der Waals surface area (Å²) in [6.45, 7) is 15.4. The number of hydrogen-bond acceptors (Lipinski definition) is 7. The zero-order chi connectivity index (χ0) is 28.0. The Balaban J connectivity index is 1.30. The number of nitrogens with zero attached hydrogens (tertiary/aromatic N) is 4. The van der Waals surface area contributed by atoms with Gasteiger partial charge in [-0.05, 0) is 91.5 Å². The molecule has 212 valence electrons. The molecule has 0 radical (unpaired) electrons. The smallest absolute Gasteiger partial charge is 0.408 e. The van der Waals surface area contributed by atoms with Gasteiger partial charge in [-0.2, -0.15) is 5.10 Å². The van der Waals surface area contributed by atoms with E-state index in [1.165, 1.54) is 17.5 Å². The van der Waals surface area contributed by atoms with Gasteiger partial charge < -0.3 is 25.7 Å². The van der Waals surface area contributed by atoms with Crippen LogP contribution in [0.15, 0.2) is 6.07 Å². The molecule has 0 atom stereocenters. The first-order valence-corrected chi connectivity index (χ1v) is 14.5. The van der Waals surface area contributed by atoms with Crippen LogP contribution in [0.5, 0.6) is 0 Å². The van der Waals surface area contributed by atoms with Crippen molar-refractivity contribution in [1.82, 2.24) is 20.1 Å². The number of amides is 1. The van der Waals surface area contributed by atoms with Gasteiger partial charge in [0.2, 0.25) is 0 Å². The largest absolute Gasteiger partial charge is 0.444 e. The summed E-state index contributed by atoms with van der Waals surface area (Å²) in [6, 6.07) is 2.10. The predicted molar refractivity (Wildman–Crippen MR) is 155 cm³/mol. The standard InChI is InChI=1S/C30H45N7O2/c1-7-32-26-22(17-31)25(16-20(2)33-26)36-15-8-24-23(18-36)21(3)35-37(24)19-29-9-12-30(13-10-29,14-11-29)34-27(38)39-28(4,5)6/h16-17,31H,7-15,18-19H2,1-6H3,(H,32,33)(H,34,38). The van der Waals surface area contributed by atoms with Crippen molar-refractivity contribution in [3.63, 3.8) is 0 Å². The number of ether oxygens (including phenoxy) is 1. The van der Waals surface area contributed by atoms with Crippen molar-refractivity contribution in [2.75, 3.05) is 23.3 Å². The van der Waals surface area contributed by atoms with E-state index in [0.717, 1.165) is 99.6 Å². The number of fused-ring (bicyclic) bond motifs is 4. The minimum absolute atomic E-state index is 0.120. The van der Waals surface area contributed by atoms with Gasteiger partial charge in [0.15, 0.2) is 0 Å². The van der Waals surface area contributed by atoms with Gasteiger partial charge in [0.25, 0.3) is 0 Å². The number of nitrogens with one attached hydrogen (secondary N) is 3. The fraction of sp³-hybridized carbons (Fsp3) is 0.667. The molecule has 2 aromatic rings. The van der Waals surface area contributed by atoms with E-state index >= 15 is 0 Å². The minimum atomic E-state index is -0.480. The van der Waals surface area contributed by atoms with E-state index in [0.29, 0.717) is 0 Å². The van der Waals surface area contributed by atoms with Gasteiger partial charge in [-0.1, -0.05) is 0 Å². The third-order valence-corrected chi connectivity index (χ3v) is 8.98. The van der Waals surface area contributed by atoms with Crippen molar-refractivity contribution >= 4 is 23.8 Å². The quantitative estimate of drug-likeness (QED) is 0.404. The lowest BCUT2D eigenvalue weighted by molar-refractivity contribution is -0.00519. The molecular formula is C30H45N7O2. The SMILES string of the molecule is CCNc1nc(C)cc(N2CCc3c(c(C)nn3CC34CCC(NC(=O)OC(C)(C)C)(CC3)CC4)C2)c1C=N. The van der Waals surface area contributed by atoms with E-state index < -0.39 is 5.60 Å². The highest BCUT2D eigenvalue weighted by atomic mass is 16.6. The summed E-state index contributed by atoms with van der Waals surface area (Å²) in [4.78, 5) is 19.5.